The molecular formula is C22H27FN4O2. The van der Waals surface area contributed by atoms with Crippen LogP contribution >= 0.6 is 0 Å². The summed E-state index contributed by atoms with van der Waals surface area (Å²) in [7, 11) is 3.37. The molecule has 7 heteroatoms. The number of likely N-dealkylation sites (tertiary alicyclic amines) is 1. The molecule has 0 aliphatic carbocycles. The van der Waals surface area contributed by atoms with Crippen LogP contribution in [0.3, 0.4) is 0 Å². The average molecular weight is 398 g/mol. The van der Waals surface area contributed by atoms with Gasteiger partial charge in [-0.2, -0.15) is 0 Å². The van der Waals surface area contributed by atoms with E-state index in [1.807, 2.05) is 25.4 Å². The fourth-order valence-electron chi connectivity index (χ4n) is 3.83. The Labute approximate surface area is 170 Å². The van der Waals surface area contributed by atoms with Gasteiger partial charge in [-0.3, -0.25) is 0 Å². The van der Waals surface area contributed by atoms with Crippen molar-refractivity contribution in [1.82, 2.24) is 15.2 Å². The molecule has 2 aliphatic rings. The summed E-state index contributed by atoms with van der Waals surface area (Å²) in [6.45, 7) is 3.32. The first-order chi connectivity index (χ1) is 14.2. The lowest BCUT2D eigenvalue weighted by Crippen LogP contribution is -2.24. The standard InChI is InChI=1S/C22H27FN4O2/c1-24-7-10-29-22-6-5-15(14-25-22)18-12-20(27-8-3-4-9-27)16-11-17(23)21(28-2)13-19(16)26-18/h5-6,11-14,18,24,26H,3-4,7-10H2,1-2H3. The molecular weight excluding hydrogens is 371 g/mol. The van der Waals surface area contributed by atoms with Crippen molar-refractivity contribution in [2.45, 2.75) is 18.9 Å². The number of aromatic nitrogens is 1. The molecule has 1 unspecified atom stereocenters. The van der Waals surface area contributed by atoms with E-state index in [4.69, 9.17) is 9.47 Å². The van der Waals surface area contributed by atoms with Crippen LogP contribution in [0.4, 0.5) is 10.1 Å². The predicted molar refractivity (Wildman–Crippen MR) is 112 cm³/mol. The predicted octanol–water partition coefficient (Wildman–Crippen LogP) is 3.43. The van der Waals surface area contributed by atoms with Gasteiger partial charge in [0.1, 0.15) is 6.61 Å². The SMILES string of the molecule is CNCCOc1ccc(C2C=C(N3CCCC3)c3cc(F)c(OC)cc3N2)cn1. The van der Waals surface area contributed by atoms with Crippen molar-refractivity contribution in [3.63, 3.8) is 0 Å². The molecule has 2 N–H and O–H groups in total. The first-order valence-electron chi connectivity index (χ1n) is 10.0. The number of halogens is 1. The lowest BCUT2D eigenvalue weighted by atomic mass is 9.97. The third-order valence-electron chi connectivity index (χ3n) is 5.37. The van der Waals surface area contributed by atoms with Gasteiger partial charge in [-0.15, -0.1) is 0 Å². The van der Waals surface area contributed by atoms with E-state index in [1.54, 1.807) is 12.1 Å². The Bertz CT molecular complexity index is 879. The smallest absolute Gasteiger partial charge is 0.213 e. The van der Waals surface area contributed by atoms with Crippen LogP contribution < -0.4 is 20.1 Å². The number of nitrogens with one attached hydrogen (secondary N) is 2. The maximum Gasteiger partial charge on any atom is 0.213 e. The van der Waals surface area contributed by atoms with Gasteiger partial charge >= 0.3 is 0 Å². The van der Waals surface area contributed by atoms with Crippen LogP contribution in [0.2, 0.25) is 0 Å². The van der Waals surface area contributed by atoms with E-state index in [-0.39, 0.29) is 17.6 Å². The first kappa shape index (κ1) is 19.5. The molecule has 0 amide bonds. The molecule has 0 radical (unpaired) electrons. The second kappa shape index (κ2) is 8.69. The summed E-state index contributed by atoms with van der Waals surface area (Å²) in [5.74, 6) is 0.498. The Morgan fingerprint density at radius 3 is 2.79 bits per heavy atom. The molecule has 1 saturated heterocycles. The molecule has 0 saturated carbocycles. The van der Waals surface area contributed by atoms with Crippen LogP contribution in [0.5, 0.6) is 11.6 Å². The maximum atomic E-state index is 14.4. The van der Waals surface area contributed by atoms with Gasteiger partial charge in [0.05, 0.1) is 13.2 Å². The van der Waals surface area contributed by atoms with E-state index in [0.717, 1.165) is 55.0 Å². The van der Waals surface area contributed by atoms with Crippen molar-refractivity contribution in [2.24, 2.45) is 0 Å². The highest BCUT2D eigenvalue weighted by Crippen LogP contribution is 2.40. The van der Waals surface area contributed by atoms with Crippen LogP contribution in [0.15, 0.2) is 36.5 Å². The summed E-state index contributed by atoms with van der Waals surface area (Å²) in [5, 5.41) is 6.54. The number of pyridine rings is 1. The van der Waals surface area contributed by atoms with E-state index in [2.05, 4.69) is 26.6 Å². The van der Waals surface area contributed by atoms with Crippen LogP contribution in [0.1, 0.15) is 30.0 Å². The van der Waals surface area contributed by atoms with Crippen LogP contribution in [-0.4, -0.2) is 50.3 Å². The lowest BCUT2D eigenvalue weighted by molar-refractivity contribution is 0.306. The van der Waals surface area contributed by atoms with E-state index >= 15 is 0 Å². The largest absolute Gasteiger partial charge is 0.494 e. The van der Waals surface area contributed by atoms with Gasteiger partial charge in [-0.25, -0.2) is 9.37 Å². The van der Waals surface area contributed by atoms with Crippen molar-refractivity contribution < 1.29 is 13.9 Å². The van der Waals surface area contributed by atoms with Gasteiger partial charge in [-0.1, -0.05) is 0 Å². The normalized spacial score (nSPS) is 18.1. The van der Waals surface area contributed by atoms with Crippen LogP contribution in [-0.2, 0) is 0 Å². The fraction of sp³-hybridized carbons (Fsp3) is 0.409. The topological polar surface area (TPSA) is 58.7 Å². The highest BCUT2D eigenvalue weighted by Gasteiger charge is 2.27. The molecule has 4 rings (SSSR count). The molecule has 0 spiro atoms. The highest BCUT2D eigenvalue weighted by atomic mass is 19.1. The molecule has 1 aromatic heterocycles. The van der Waals surface area contributed by atoms with E-state index in [0.29, 0.717) is 12.5 Å². The number of methoxy groups -OCH3 is 1. The van der Waals surface area contributed by atoms with Gasteiger partial charge in [0.15, 0.2) is 11.6 Å². The molecule has 2 aromatic rings. The van der Waals surface area contributed by atoms with Crippen LogP contribution in [0, 0.1) is 5.82 Å². The maximum absolute atomic E-state index is 14.4. The second-order valence-electron chi connectivity index (χ2n) is 7.28. The number of likely N-dealkylation sites (N-methyl/N-ethyl adjacent to an activating group) is 1. The summed E-state index contributed by atoms with van der Waals surface area (Å²) in [4.78, 5) is 6.77. The zero-order valence-corrected chi connectivity index (χ0v) is 16.9. The van der Waals surface area contributed by atoms with E-state index < -0.39 is 0 Å². The molecule has 1 aromatic carbocycles. The number of ether oxygens (including phenoxy) is 2. The summed E-state index contributed by atoms with van der Waals surface area (Å²) < 4.78 is 25.2. The molecule has 3 heterocycles. The molecule has 0 bridgehead atoms. The Kier molecular flexibility index (Phi) is 5.85. The van der Waals surface area contributed by atoms with Gasteiger partial charge in [0.25, 0.3) is 0 Å². The minimum absolute atomic E-state index is 0.0628. The van der Waals surface area contributed by atoms with Crippen molar-refractivity contribution >= 4 is 11.4 Å². The molecule has 29 heavy (non-hydrogen) atoms. The Morgan fingerprint density at radius 1 is 1.28 bits per heavy atom. The van der Waals surface area contributed by atoms with E-state index in [9.17, 15) is 4.39 Å². The number of anilines is 1. The molecule has 154 valence electrons. The van der Waals surface area contributed by atoms with E-state index in [1.165, 1.54) is 7.11 Å². The third-order valence-corrected chi connectivity index (χ3v) is 5.37. The van der Waals surface area contributed by atoms with Gasteiger partial charge in [0, 0.05) is 54.9 Å². The molecule has 2 aliphatic heterocycles. The minimum Gasteiger partial charge on any atom is -0.494 e. The summed E-state index contributed by atoms with van der Waals surface area (Å²) >= 11 is 0. The summed E-state index contributed by atoms with van der Waals surface area (Å²) in [6.07, 6.45) is 6.31. The number of hydrogen-bond acceptors (Lipinski definition) is 6. The van der Waals surface area contributed by atoms with Crippen molar-refractivity contribution in [3.05, 3.63) is 53.5 Å². The van der Waals surface area contributed by atoms with Gasteiger partial charge < -0.3 is 25.0 Å². The summed E-state index contributed by atoms with van der Waals surface area (Å²) in [6, 6.07) is 7.15. The molecule has 1 atom stereocenters. The lowest BCUT2D eigenvalue weighted by Gasteiger charge is -2.32. The Balaban J connectivity index is 1.63. The Hall–Kier alpha value is -2.80. The molecule has 1 fully saturated rings. The fourth-order valence-corrected chi connectivity index (χ4v) is 3.83. The summed E-state index contributed by atoms with van der Waals surface area (Å²) in [5.41, 5.74) is 3.84. The first-order valence-corrected chi connectivity index (χ1v) is 10.0. The van der Waals surface area contributed by atoms with Gasteiger partial charge in [-0.05, 0) is 43.7 Å². The zero-order chi connectivity index (χ0) is 20.2. The number of benzene rings is 1. The van der Waals surface area contributed by atoms with Crippen molar-refractivity contribution in [3.8, 4) is 11.6 Å². The van der Waals surface area contributed by atoms with Crippen molar-refractivity contribution in [1.29, 1.82) is 0 Å². The Morgan fingerprint density at radius 2 is 2.10 bits per heavy atom. The third kappa shape index (κ3) is 4.15. The van der Waals surface area contributed by atoms with Crippen LogP contribution in [0.25, 0.3) is 5.70 Å². The highest BCUT2D eigenvalue weighted by molar-refractivity contribution is 5.80. The minimum atomic E-state index is -0.346. The quantitative estimate of drug-likeness (QED) is 0.697. The number of nitrogens with zero attached hydrogens (tertiary/aromatic N) is 2. The number of rotatable bonds is 7. The molecule has 6 nitrogen and oxygen atoms in total. The zero-order valence-electron chi connectivity index (χ0n) is 16.9. The second-order valence-corrected chi connectivity index (χ2v) is 7.28. The van der Waals surface area contributed by atoms with Gasteiger partial charge in [0.2, 0.25) is 5.88 Å². The average Bonchev–Trinajstić information content (AvgIpc) is 3.28. The van der Waals surface area contributed by atoms with Crippen molar-refractivity contribution in [2.75, 3.05) is 45.7 Å². The monoisotopic (exact) mass is 398 g/mol. The number of fused-ring (bicyclic) bond motifs is 1. The number of hydrogen-bond donors (Lipinski definition) is 2.